The number of amides is 1. The zero-order valence-electron chi connectivity index (χ0n) is 14.3. The molecule has 5 nitrogen and oxygen atoms in total. The summed E-state index contributed by atoms with van der Waals surface area (Å²) in [4.78, 5) is 19.8. The lowest BCUT2D eigenvalue weighted by Crippen LogP contribution is -2.39. The Hall–Kier alpha value is -1.91. The van der Waals surface area contributed by atoms with Gasteiger partial charge in [-0.3, -0.25) is 0 Å². The van der Waals surface area contributed by atoms with E-state index in [9.17, 15) is 10.1 Å². The number of thiazole rings is 1. The smallest absolute Gasteiger partial charge is 0.410 e. The van der Waals surface area contributed by atoms with E-state index in [0.29, 0.717) is 18.7 Å². The molecule has 7 heteroatoms. The lowest BCUT2D eigenvalue weighted by molar-refractivity contribution is 0.0222. The van der Waals surface area contributed by atoms with E-state index in [4.69, 9.17) is 9.72 Å². The molecule has 0 N–H and O–H groups in total. The van der Waals surface area contributed by atoms with Gasteiger partial charge in [-0.05, 0) is 42.8 Å². The fourth-order valence-corrected chi connectivity index (χ4v) is 4.16. The monoisotopic (exact) mass is 419 g/mol. The minimum absolute atomic E-state index is 0.312. The van der Waals surface area contributed by atoms with E-state index in [1.54, 1.807) is 16.2 Å². The molecule has 0 saturated carbocycles. The van der Waals surface area contributed by atoms with Gasteiger partial charge >= 0.3 is 6.09 Å². The maximum Gasteiger partial charge on any atom is 0.410 e. The van der Waals surface area contributed by atoms with Crippen molar-refractivity contribution in [3.05, 3.63) is 38.8 Å². The molecule has 2 aromatic rings. The number of benzene rings is 1. The van der Waals surface area contributed by atoms with Crippen molar-refractivity contribution in [2.75, 3.05) is 6.54 Å². The molecule has 1 aliphatic rings. The topological polar surface area (TPSA) is 66.2 Å². The maximum atomic E-state index is 12.3. The zero-order chi connectivity index (χ0) is 18.2. The fraction of sp³-hybridized carbons (Fsp3) is 0.389. The van der Waals surface area contributed by atoms with Crippen LogP contribution in [-0.4, -0.2) is 28.1 Å². The Morgan fingerprint density at radius 1 is 1.44 bits per heavy atom. The molecular weight excluding hydrogens is 402 g/mol. The van der Waals surface area contributed by atoms with Gasteiger partial charge in [0, 0.05) is 27.9 Å². The van der Waals surface area contributed by atoms with Crippen molar-refractivity contribution in [1.82, 2.24) is 9.88 Å². The van der Waals surface area contributed by atoms with Gasteiger partial charge in [0.25, 0.3) is 0 Å². The predicted octanol–water partition coefficient (Wildman–Crippen LogP) is 4.74. The number of rotatable bonds is 1. The molecule has 130 valence electrons. The Balaban J connectivity index is 1.86. The molecule has 0 fully saturated rings. The van der Waals surface area contributed by atoms with Crippen molar-refractivity contribution in [2.24, 2.45) is 0 Å². The third-order valence-electron chi connectivity index (χ3n) is 3.74. The van der Waals surface area contributed by atoms with Crippen LogP contribution in [0.25, 0.3) is 10.6 Å². The predicted molar refractivity (Wildman–Crippen MR) is 100 cm³/mol. The highest BCUT2D eigenvalue weighted by Gasteiger charge is 2.28. The van der Waals surface area contributed by atoms with Crippen molar-refractivity contribution in [2.45, 2.75) is 39.3 Å². The Morgan fingerprint density at radius 2 is 2.20 bits per heavy atom. The third kappa shape index (κ3) is 3.86. The van der Waals surface area contributed by atoms with Gasteiger partial charge in [0.15, 0.2) is 0 Å². The maximum absolute atomic E-state index is 12.3. The number of hydrogen-bond acceptors (Lipinski definition) is 5. The van der Waals surface area contributed by atoms with Crippen LogP contribution >= 0.6 is 27.3 Å². The van der Waals surface area contributed by atoms with Crippen LogP contribution in [-0.2, 0) is 17.7 Å². The molecule has 1 aromatic heterocycles. The molecule has 0 atom stereocenters. The zero-order valence-corrected chi connectivity index (χ0v) is 16.7. The molecule has 25 heavy (non-hydrogen) atoms. The summed E-state index contributed by atoms with van der Waals surface area (Å²) in [6, 6.07) is 7.88. The quantitative estimate of drug-likeness (QED) is 0.669. The van der Waals surface area contributed by atoms with Crippen LogP contribution in [0.2, 0.25) is 0 Å². The number of carbonyl (C=O) groups excluding carboxylic acids is 1. The number of carbonyl (C=O) groups is 1. The minimum Gasteiger partial charge on any atom is -0.444 e. The number of hydrogen-bond donors (Lipinski definition) is 0. The van der Waals surface area contributed by atoms with Crippen molar-refractivity contribution < 1.29 is 9.53 Å². The van der Waals surface area contributed by atoms with Gasteiger partial charge in [-0.25, -0.2) is 9.78 Å². The van der Waals surface area contributed by atoms with Crippen molar-refractivity contribution in [1.29, 1.82) is 5.26 Å². The third-order valence-corrected chi connectivity index (χ3v) is 5.59. The Morgan fingerprint density at radius 3 is 2.88 bits per heavy atom. The average molecular weight is 420 g/mol. The molecule has 1 aromatic carbocycles. The molecule has 1 amide bonds. The molecule has 1 aliphatic heterocycles. The number of fused-ring (bicyclic) bond motifs is 1. The van der Waals surface area contributed by atoms with Crippen LogP contribution < -0.4 is 0 Å². The summed E-state index contributed by atoms with van der Waals surface area (Å²) in [6.07, 6.45) is 0.440. The highest BCUT2D eigenvalue weighted by molar-refractivity contribution is 9.10. The summed E-state index contributed by atoms with van der Waals surface area (Å²) in [6.45, 7) is 6.64. The minimum atomic E-state index is -0.511. The van der Waals surface area contributed by atoms with Crippen LogP contribution in [0.5, 0.6) is 0 Å². The second-order valence-corrected chi connectivity index (χ2v) is 8.75. The summed E-state index contributed by atoms with van der Waals surface area (Å²) < 4.78 is 6.21. The summed E-state index contributed by atoms with van der Waals surface area (Å²) in [5.74, 6) is 0. The summed E-state index contributed by atoms with van der Waals surface area (Å²) in [5, 5.41) is 10.2. The molecule has 0 bridgehead atoms. The van der Waals surface area contributed by atoms with Gasteiger partial charge in [-0.15, -0.1) is 11.3 Å². The van der Waals surface area contributed by atoms with Gasteiger partial charge in [0.2, 0.25) is 0 Å². The standard InChI is InChI=1S/C18H18BrN3O2S/c1-18(2,3)24-17(23)22-8-7-15-14(10-22)21-16(25-15)11-5-4-6-13(19)12(11)9-20/h4-6H,7-8,10H2,1-3H3. The number of nitriles is 1. The van der Waals surface area contributed by atoms with Crippen LogP contribution in [0, 0.1) is 11.3 Å². The first-order valence-corrected chi connectivity index (χ1v) is 9.55. The van der Waals surface area contributed by atoms with Gasteiger partial charge < -0.3 is 9.64 Å². The molecule has 0 spiro atoms. The van der Waals surface area contributed by atoms with E-state index in [2.05, 4.69) is 22.0 Å². The van der Waals surface area contributed by atoms with Gasteiger partial charge in [0.05, 0.1) is 17.8 Å². The second-order valence-electron chi connectivity index (χ2n) is 6.81. The van der Waals surface area contributed by atoms with E-state index in [0.717, 1.165) is 27.2 Å². The normalized spacial score (nSPS) is 14.0. The number of aromatic nitrogens is 1. The molecule has 0 radical (unpaired) electrons. The number of nitrogens with zero attached hydrogens (tertiary/aromatic N) is 3. The fourth-order valence-electron chi connectivity index (χ4n) is 2.61. The number of halogens is 1. The molecule has 0 aliphatic carbocycles. The highest BCUT2D eigenvalue weighted by Crippen LogP contribution is 2.35. The average Bonchev–Trinajstić information content (AvgIpc) is 2.95. The van der Waals surface area contributed by atoms with Crippen molar-refractivity contribution in [3.63, 3.8) is 0 Å². The van der Waals surface area contributed by atoms with Crippen LogP contribution in [0.15, 0.2) is 22.7 Å². The van der Waals surface area contributed by atoms with Crippen LogP contribution in [0.4, 0.5) is 4.79 Å². The van der Waals surface area contributed by atoms with Gasteiger partial charge in [0.1, 0.15) is 16.7 Å². The van der Waals surface area contributed by atoms with E-state index in [-0.39, 0.29) is 6.09 Å². The van der Waals surface area contributed by atoms with E-state index >= 15 is 0 Å². The highest BCUT2D eigenvalue weighted by atomic mass is 79.9. The summed E-state index contributed by atoms with van der Waals surface area (Å²) in [5.41, 5.74) is 1.78. The first-order chi connectivity index (χ1) is 11.8. The molecule has 0 saturated heterocycles. The molecule has 2 heterocycles. The van der Waals surface area contributed by atoms with E-state index in [1.165, 1.54) is 4.88 Å². The van der Waals surface area contributed by atoms with Crippen molar-refractivity contribution >= 4 is 33.4 Å². The second kappa shape index (κ2) is 6.77. The molecule has 3 rings (SSSR count). The lowest BCUT2D eigenvalue weighted by atomic mass is 10.1. The Kier molecular flexibility index (Phi) is 4.85. The Labute approximate surface area is 159 Å². The van der Waals surface area contributed by atoms with Crippen LogP contribution in [0.3, 0.4) is 0 Å². The number of ether oxygens (including phenoxy) is 1. The molecular formula is C18H18BrN3O2S. The first-order valence-electron chi connectivity index (χ1n) is 7.94. The van der Waals surface area contributed by atoms with Gasteiger partial charge in [-0.1, -0.05) is 12.1 Å². The van der Waals surface area contributed by atoms with Crippen molar-refractivity contribution in [3.8, 4) is 16.6 Å². The molecule has 0 unspecified atom stereocenters. The summed E-state index contributed by atoms with van der Waals surface area (Å²) in [7, 11) is 0. The van der Waals surface area contributed by atoms with Crippen LogP contribution in [0.1, 0.15) is 36.9 Å². The SMILES string of the molecule is CC(C)(C)OC(=O)N1CCc2sc(-c3cccc(Br)c3C#N)nc2C1. The van der Waals surface area contributed by atoms with E-state index in [1.807, 2.05) is 39.0 Å². The van der Waals surface area contributed by atoms with Gasteiger partial charge in [-0.2, -0.15) is 5.26 Å². The first kappa shape index (κ1) is 17.9. The van der Waals surface area contributed by atoms with E-state index < -0.39 is 5.60 Å². The largest absolute Gasteiger partial charge is 0.444 e. The Bertz CT molecular complexity index is 864. The summed E-state index contributed by atoms with van der Waals surface area (Å²) >= 11 is 5.01. The lowest BCUT2D eigenvalue weighted by Gasteiger charge is -2.29.